The number of aliphatic imine (C=N–C) groups is 1. The van der Waals surface area contributed by atoms with Gasteiger partial charge in [0.2, 0.25) is 0 Å². The lowest BCUT2D eigenvalue weighted by Crippen LogP contribution is -2.21. The van der Waals surface area contributed by atoms with Gasteiger partial charge in [-0.2, -0.15) is 4.98 Å². The fourth-order valence-electron chi connectivity index (χ4n) is 3.30. The summed E-state index contributed by atoms with van der Waals surface area (Å²) in [5.41, 5.74) is 4.71. The van der Waals surface area contributed by atoms with Crippen molar-refractivity contribution in [3.63, 3.8) is 0 Å². The molecule has 6 heteroatoms. The van der Waals surface area contributed by atoms with Crippen molar-refractivity contribution in [1.29, 1.82) is 0 Å². The summed E-state index contributed by atoms with van der Waals surface area (Å²) >= 11 is 0. The van der Waals surface area contributed by atoms with Crippen LogP contribution in [0.15, 0.2) is 28.0 Å². The molecule has 2 aliphatic heterocycles. The first-order valence-corrected chi connectivity index (χ1v) is 7.15. The molecule has 0 radical (unpaired) electrons. The first-order valence-electron chi connectivity index (χ1n) is 7.15. The summed E-state index contributed by atoms with van der Waals surface area (Å²) in [5, 5.41) is 0.939. The molecule has 4 heterocycles. The molecular weight excluding hydrogens is 268 g/mol. The second-order valence-corrected chi connectivity index (χ2v) is 5.78. The fourth-order valence-corrected chi connectivity index (χ4v) is 3.30. The SMILES string of the molecule is CC1CC(C)C(c2cc3ccc(=O)nc4c3n2NC=N4)O1. The standard InChI is InChI=1S/C15H16N4O2/c1-8-5-9(2)21-14(8)11-6-10-3-4-12(20)18-15-13(10)19(11)17-7-16-15/h3-4,6-9,14H,5H2,1-2H3,(H,16,17,18,20). The lowest BCUT2D eigenvalue weighted by molar-refractivity contribution is 0.0414. The second kappa shape index (κ2) is 4.39. The van der Waals surface area contributed by atoms with Crippen LogP contribution in [0.2, 0.25) is 0 Å². The van der Waals surface area contributed by atoms with Gasteiger partial charge >= 0.3 is 0 Å². The largest absolute Gasteiger partial charge is 0.369 e. The third-order valence-corrected chi connectivity index (χ3v) is 4.16. The molecule has 1 saturated heterocycles. The third-order valence-electron chi connectivity index (χ3n) is 4.16. The molecule has 108 valence electrons. The van der Waals surface area contributed by atoms with Gasteiger partial charge in [-0.3, -0.25) is 14.9 Å². The third kappa shape index (κ3) is 1.86. The molecule has 21 heavy (non-hydrogen) atoms. The van der Waals surface area contributed by atoms with Gasteiger partial charge in [-0.05, 0) is 31.4 Å². The molecule has 0 aliphatic carbocycles. The zero-order chi connectivity index (χ0) is 14.6. The van der Waals surface area contributed by atoms with Crippen LogP contribution in [0.1, 0.15) is 32.1 Å². The zero-order valence-corrected chi connectivity index (χ0v) is 11.9. The van der Waals surface area contributed by atoms with E-state index in [4.69, 9.17) is 4.74 Å². The highest BCUT2D eigenvalue weighted by atomic mass is 16.5. The van der Waals surface area contributed by atoms with Crippen LogP contribution in [0, 0.1) is 5.92 Å². The highest BCUT2D eigenvalue weighted by Crippen LogP contribution is 2.40. The molecule has 2 aromatic rings. The smallest absolute Gasteiger partial charge is 0.271 e. The van der Waals surface area contributed by atoms with Crippen LogP contribution in [-0.4, -0.2) is 22.1 Å². The molecule has 6 nitrogen and oxygen atoms in total. The molecule has 0 aromatic carbocycles. The summed E-state index contributed by atoms with van der Waals surface area (Å²) in [6.45, 7) is 4.30. The monoisotopic (exact) mass is 284 g/mol. The average molecular weight is 284 g/mol. The molecule has 3 atom stereocenters. The Morgan fingerprint density at radius 1 is 1.38 bits per heavy atom. The van der Waals surface area contributed by atoms with Gasteiger partial charge < -0.3 is 4.74 Å². The quantitative estimate of drug-likeness (QED) is 0.870. The van der Waals surface area contributed by atoms with E-state index in [0.29, 0.717) is 11.7 Å². The number of ether oxygens (including phenoxy) is 1. The van der Waals surface area contributed by atoms with Crippen molar-refractivity contribution < 1.29 is 4.74 Å². The normalized spacial score (nSPS) is 27.0. The van der Waals surface area contributed by atoms with Crippen LogP contribution in [0.4, 0.5) is 5.82 Å². The molecule has 2 aromatic heterocycles. The summed E-state index contributed by atoms with van der Waals surface area (Å²) in [4.78, 5) is 19.8. The van der Waals surface area contributed by atoms with Crippen molar-refractivity contribution in [1.82, 2.24) is 9.66 Å². The van der Waals surface area contributed by atoms with E-state index in [2.05, 4.69) is 35.3 Å². The van der Waals surface area contributed by atoms with Gasteiger partial charge in [0, 0.05) is 11.5 Å². The van der Waals surface area contributed by atoms with Gasteiger partial charge in [0.15, 0.2) is 5.82 Å². The van der Waals surface area contributed by atoms with Gasteiger partial charge in [0.1, 0.15) is 18.0 Å². The van der Waals surface area contributed by atoms with Gasteiger partial charge in [0.25, 0.3) is 5.56 Å². The number of aromatic nitrogens is 2. The summed E-state index contributed by atoms with van der Waals surface area (Å²) in [5.74, 6) is 0.894. The number of nitrogens with one attached hydrogen (secondary N) is 1. The zero-order valence-electron chi connectivity index (χ0n) is 11.9. The van der Waals surface area contributed by atoms with Crippen molar-refractivity contribution in [3.05, 3.63) is 34.2 Å². The Morgan fingerprint density at radius 2 is 2.24 bits per heavy atom. The second-order valence-electron chi connectivity index (χ2n) is 5.78. The van der Waals surface area contributed by atoms with Crippen molar-refractivity contribution >= 4 is 23.1 Å². The van der Waals surface area contributed by atoms with Gasteiger partial charge in [-0.25, -0.2) is 4.99 Å². The Hall–Kier alpha value is -2.21. The van der Waals surface area contributed by atoms with Gasteiger partial charge in [0.05, 0.1) is 11.8 Å². The topological polar surface area (TPSA) is 68.5 Å². The number of nitrogens with zero attached hydrogens (tertiary/aromatic N) is 3. The molecular formula is C15H16N4O2. The van der Waals surface area contributed by atoms with E-state index in [-0.39, 0.29) is 17.8 Å². The average Bonchev–Trinajstić information content (AvgIpc) is 2.91. The molecule has 0 bridgehead atoms. The van der Waals surface area contributed by atoms with E-state index in [1.165, 1.54) is 6.07 Å². The molecule has 1 fully saturated rings. The lowest BCUT2D eigenvalue weighted by Gasteiger charge is -2.19. The molecule has 1 N–H and O–H groups in total. The minimum absolute atomic E-state index is 0.0382. The van der Waals surface area contributed by atoms with Crippen LogP contribution < -0.4 is 11.0 Å². The highest BCUT2D eigenvalue weighted by Gasteiger charge is 2.34. The highest BCUT2D eigenvalue weighted by molar-refractivity contribution is 5.93. The van der Waals surface area contributed by atoms with E-state index in [1.807, 2.05) is 4.68 Å². The van der Waals surface area contributed by atoms with Crippen molar-refractivity contribution in [2.45, 2.75) is 32.5 Å². The van der Waals surface area contributed by atoms with Crippen molar-refractivity contribution in [2.24, 2.45) is 10.9 Å². The van der Waals surface area contributed by atoms with E-state index in [9.17, 15) is 4.79 Å². The minimum Gasteiger partial charge on any atom is -0.369 e. The predicted octanol–water partition coefficient (Wildman–Crippen LogP) is 2.10. The van der Waals surface area contributed by atoms with E-state index < -0.39 is 0 Å². The predicted molar refractivity (Wildman–Crippen MR) is 80.6 cm³/mol. The summed E-state index contributed by atoms with van der Waals surface area (Å²) in [6, 6.07) is 5.32. The number of hydrogen-bond acceptors (Lipinski definition) is 5. The first kappa shape index (κ1) is 12.5. The summed E-state index contributed by atoms with van der Waals surface area (Å²) in [7, 11) is 0. The molecule has 0 saturated carbocycles. The Balaban J connectivity index is 1.97. The Kier molecular flexibility index (Phi) is 2.62. The molecule has 3 unspecified atom stereocenters. The fraction of sp³-hybridized carbons (Fsp3) is 0.400. The first-order chi connectivity index (χ1) is 10.1. The van der Waals surface area contributed by atoms with E-state index in [1.54, 1.807) is 12.4 Å². The lowest BCUT2D eigenvalue weighted by atomic mass is 10.00. The molecule has 2 aliphatic rings. The Morgan fingerprint density at radius 3 is 3.00 bits per heavy atom. The van der Waals surface area contributed by atoms with Crippen molar-refractivity contribution in [3.8, 4) is 0 Å². The Labute approximate surface area is 121 Å². The van der Waals surface area contributed by atoms with Crippen molar-refractivity contribution in [2.75, 3.05) is 5.43 Å². The molecule has 4 rings (SSSR count). The number of rotatable bonds is 1. The Bertz CT molecular complexity index is 811. The maximum Gasteiger partial charge on any atom is 0.271 e. The van der Waals surface area contributed by atoms with Crippen LogP contribution in [0.3, 0.4) is 0 Å². The van der Waals surface area contributed by atoms with Crippen LogP contribution in [0.5, 0.6) is 0 Å². The van der Waals surface area contributed by atoms with Gasteiger partial charge in [-0.1, -0.05) is 6.92 Å². The van der Waals surface area contributed by atoms with Crippen LogP contribution in [-0.2, 0) is 4.74 Å². The summed E-state index contributed by atoms with van der Waals surface area (Å²) < 4.78 is 7.99. The van der Waals surface area contributed by atoms with Crippen LogP contribution in [0.25, 0.3) is 10.9 Å². The van der Waals surface area contributed by atoms with Crippen LogP contribution >= 0.6 is 0 Å². The maximum absolute atomic E-state index is 11.6. The van der Waals surface area contributed by atoms with Gasteiger partial charge in [-0.15, -0.1) is 0 Å². The molecule has 0 amide bonds. The molecule has 0 spiro atoms. The van der Waals surface area contributed by atoms with E-state index in [0.717, 1.165) is 23.0 Å². The van der Waals surface area contributed by atoms with E-state index >= 15 is 0 Å². The maximum atomic E-state index is 11.6. The minimum atomic E-state index is -0.285. The number of hydrogen-bond donors (Lipinski definition) is 1. The summed E-state index contributed by atoms with van der Waals surface area (Å²) in [6.07, 6.45) is 2.90.